The van der Waals surface area contributed by atoms with Gasteiger partial charge in [0.2, 0.25) is 0 Å². The molecule has 1 unspecified atom stereocenters. The molecule has 4 heteroatoms. The normalized spacial score (nSPS) is 24.3. The minimum absolute atomic E-state index is 0.400. The van der Waals surface area contributed by atoms with Crippen molar-refractivity contribution in [2.45, 2.75) is 26.4 Å². The fourth-order valence-electron chi connectivity index (χ4n) is 1.52. The van der Waals surface area contributed by atoms with Gasteiger partial charge >= 0.3 is 7.60 Å². The van der Waals surface area contributed by atoms with E-state index in [1.54, 1.807) is 0 Å². The molecule has 0 spiro atoms. The van der Waals surface area contributed by atoms with Crippen LogP contribution >= 0.6 is 7.60 Å². The fraction of sp³-hybridized carbons (Fsp3) is 0.455. The first-order valence-electron chi connectivity index (χ1n) is 5.24. The van der Waals surface area contributed by atoms with E-state index in [0.717, 1.165) is 18.4 Å². The molecule has 0 aromatic heterocycles. The van der Waals surface area contributed by atoms with Crippen molar-refractivity contribution in [2.24, 2.45) is 0 Å². The summed E-state index contributed by atoms with van der Waals surface area (Å²) in [5.74, 6) is 0.711. The zero-order valence-electron chi connectivity index (χ0n) is 8.81. The van der Waals surface area contributed by atoms with Gasteiger partial charge in [0, 0.05) is 5.56 Å². The molecular formula is C11H15O3P. The molecule has 1 aromatic carbocycles. The Labute approximate surface area is 89.9 Å². The van der Waals surface area contributed by atoms with E-state index in [4.69, 9.17) is 9.05 Å². The average Bonchev–Trinajstić information content (AvgIpc) is 2.26. The lowest BCUT2D eigenvalue weighted by atomic mass is 10.2. The van der Waals surface area contributed by atoms with Gasteiger partial charge in [0.15, 0.2) is 0 Å². The van der Waals surface area contributed by atoms with Crippen molar-refractivity contribution in [3.63, 3.8) is 0 Å². The monoisotopic (exact) mass is 226 g/mol. The van der Waals surface area contributed by atoms with Crippen molar-refractivity contribution >= 4 is 7.60 Å². The number of rotatable bonds is 3. The first-order valence-corrected chi connectivity index (χ1v) is 6.97. The molecule has 0 radical (unpaired) electrons. The highest BCUT2D eigenvalue weighted by Gasteiger charge is 2.30. The second-order valence-electron chi connectivity index (χ2n) is 3.66. The molecule has 1 aliphatic rings. The Morgan fingerprint density at radius 3 is 3.00 bits per heavy atom. The van der Waals surface area contributed by atoms with Crippen LogP contribution in [-0.2, 0) is 15.7 Å². The SMILES string of the molecule is CCCCP1(=O)OCc2ccccc2O1. The summed E-state index contributed by atoms with van der Waals surface area (Å²) in [6.07, 6.45) is 2.38. The van der Waals surface area contributed by atoms with E-state index in [1.807, 2.05) is 24.3 Å². The third kappa shape index (κ3) is 2.42. The van der Waals surface area contributed by atoms with Crippen LogP contribution in [0.3, 0.4) is 0 Å². The van der Waals surface area contributed by atoms with E-state index < -0.39 is 7.60 Å². The Morgan fingerprint density at radius 2 is 2.20 bits per heavy atom. The zero-order chi connectivity index (χ0) is 10.7. The second-order valence-corrected chi connectivity index (χ2v) is 5.77. The van der Waals surface area contributed by atoms with E-state index >= 15 is 0 Å². The van der Waals surface area contributed by atoms with Crippen molar-refractivity contribution in [3.8, 4) is 5.75 Å². The fourth-order valence-corrected chi connectivity index (χ4v) is 3.31. The molecule has 1 aromatic rings. The van der Waals surface area contributed by atoms with E-state index in [-0.39, 0.29) is 0 Å². The van der Waals surface area contributed by atoms with Crippen LogP contribution in [0.15, 0.2) is 24.3 Å². The molecule has 15 heavy (non-hydrogen) atoms. The number of unbranched alkanes of at least 4 members (excludes halogenated alkanes) is 1. The van der Waals surface area contributed by atoms with Gasteiger partial charge in [-0.3, -0.25) is 4.52 Å². The molecule has 82 valence electrons. The number of benzene rings is 1. The highest BCUT2D eigenvalue weighted by molar-refractivity contribution is 7.54. The maximum absolute atomic E-state index is 12.1. The molecule has 0 saturated carbocycles. The van der Waals surface area contributed by atoms with Gasteiger partial charge in [0.1, 0.15) is 5.75 Å². The summed E-state index contributed by atoms with van der Waals surface area (Å²) < 4.78 is 22.9. The molecule has 2 rings (SSSR count). The van der Waals surface area contributed by atoms with Crippen molar-refractivity contribution in [1.29, 1.82) is 0 Å². The molecular weight excluding hydrogens is 211 g/mol. The van der Waals surface area contributed by atoms with Gasteiger partial charge in [0.25, 0.3) is 0 Å². The molecule has 0 fully saturated rings. The van der Waals surface area contributed by atoms with Crippen LogP contribution in [0.5, 0.6) is 5.75 Å². The van der Waals surface area contributed by atoms with Gasteiger partial charge in [-0.2, -0.15) is 0 Å². The van der Waals surface area contributed by atoms with Crippen LogP contribution < -0.4 is 4.52 Å². The van der Waals surface area contributed by atoms with Gasteiger partial charge in [-0.25, -0.2) is 4.57 Å². The summed E-state index contributed by atoms with van der Waals surface area (Å²) >= 11 is 0. The van der Waals surface area contributed by atoms with Gasteiger partial charge in [-0.1, -0.05) is 31.5 Å². The predicted molar refractivity (Wildman–Crippen MR) is 59.2 cm³/mol. The third-order valence-corrected chi connectivity index (χ3v) is 4.27. The van der Waals surface area contributed by atoms with E-state index in [0.29, 0.717) is 18.5 Å². The summed E-state index contributed by atoms with van der Waals surface area (Å²) in [5.41, 5.74) is 0.973. The van der Waals surface area contributed by atoms with Crippen LogP contribution in [0.25, 0.3) is 0 Å². The first kappa shape index (κ1) is 10.7. The summed E-state index contributed by atoms with van der Waals surface area (Å²) in [6, 6.07) is 7.58. The summed E-state index contributed by atoms with van der Waals surface area (Å²) in [7, 11) is -2.86. The van der Waals surface area contributed by atoms with E-state index in [9.17, 15) is 4.57 Å². The summed E-state index contributed by atoms with van der Waals surface area (Å²) in [6.45, 7) is 2.46. The quantitative estimate of drug-likeness (QED) is 0.739. The highest BCUT2D eigenvalue weighted by Crippen LogP contribution is 2.53. The maximum atomic E-state index is 12.1. The Balaban J connectivity index is 2.14. The molecule has 1 atom stereocenters. The molecule has 0 bridgehead atoms. The van der Waals surface area contributed by atoms with Crippen LogP contribution in [0, 0.1) is 0 Å². The number of hydrogen-bond acceptors (Lipinski definition) is 3. The molecule has 0 aliphatic carbocycles. The molecule has 0 N–H and O–H groups in total. The number of hydrogen-bond donors (Lipinski definition) is 0. The van der Waals surface area contributed by atoms with Gasteiger partial charge in [-0.15, -0.1) is 0 Å². The minimum Gasteiger partial charge on any atom is -0.424 e. The van der Waals surface area contributed by atoms with E-state index in [1.165, 1.54) is 0 Å². The van der Waals surface area contributed by atoms with Crippen LogP contribution in [-0.4, -0.2) is 6.16 Å². The Bertz CT molecular complexity index is 389. The van der Waals surface area contributed by atoms with Crippen molar-refractivity contribution in [1.82, 2.24) is 0 Å². The molecule has 1 aliphatic heterocycles. The molecule has 0 amide bonds. The first-order chi connectivity index (χ1) is 7.23. The standard InChI is InChI=1S/C11H15O3P/c1-2-3-8-15(12)13-9-10-6-4-5-7-11(10)14-15/h4-7H,2-3,8-9H2,1H3. The van der Waals surface area contributed by atoms with Gasteiger partial charge in [0.05, 0.1) is 12.8 Å². The van der Waals surface area contributed by atoms with Crippen molar-refractivity contribution in [3.05, 3.63) is 29.8 Å². The minimum atomic E-state index is -2.86. The summed E-state index contributed by atoms with van der Waals surface area (Å²) in [4.78, 5) is 0. The number of fused-ring (bicyclic) bond motifs is 1. The smallest absolute Gasteiger partial charge is 0.379 e. The Kier molecular flexibility index (Phi) is 3.13. The van der Waals surface area contributed by atoms with Crippen molar-refractivity contribution < 1.29 is 13.6 Å². The third-order valence-electron chi connectivity index (χ3n) is 2.41. The zero-order valence-corrected chi connectivity index (χ0v) is 9.70. The molecule has 0 saturated heterocycles. The lowest BCUT2D eigenvalue weighted by Crippen LogP contribution is -2.09. The Morgan fingerprint density at radius 1 is 1.40 bits per heavy atom. The lowest BCUT2D eigenvalue weighted by Gasteiger charge is -2.25. The second kappa shape index (κ2) is 4.38. The Hall–Kier alpha value is -0.790. The topological polar surface area (TPSA) is 35.5 Å². The van der Waals surface area contributed by atoms with Crippen LogP contribution in [0.4, 0.5) is 0 Å². The lowest BCUT2D eigenvalue weighted by molar-refractivity contribution is 0.231. The van der Waals surface area contributed by atoms with Crippen molar-refractivity contribution in [2.75, 3.05) is 6.16 Å². The predicted octanol–water partition coefficient (Wildman–Crippen LogP) is 3.59. The largest absolute Gasteiger partial charge is 0.424 e. The van der Waals surface area contributed by atoms with E-state index in [2.05, 4.69) is 6.92 Å². The maximum Gasteiger partial charge on any atom is 0.379 e. The number of para-hydroxylation sites is 1. The summed E-state index contributed by atoms with van der Waals surface area (Å²) in [5, 5.41) is 0. The molecule has 3 nitrogen and oxygen atoms in total. The van der Waals surface area contributed by atoms with Crippen LogP contribution in [0.2, 0.25) is 0 Å². The van der Waals surface area contributed by atoms with Gasteiger partial charge in [-0.05, 0) is 12.5 Å². The van der Waals surface area contributed by atoms with Crippen LogP contribution in [0.1, 0.15) is 25.3 Å². The van der Waals surface area contributed by atoms with Gasteiger partial charge < -0.3 is 4.52 Å². The molecule has 1 heterocycles. The highest BCUT2D eigenvalue weighted by atomic mass is 31.2. The average molecular weight is 226 g/mol.